The molecule has 15 heavy (non-hydrogen) atoms. The van der Waals surface area contributed by atoms with E-state index >= 15 is 0 Å². The molecule has 0 fully saturated rings. The Kier molecular flexibility index (Phi) is 5.93. The smallest absolute Gasteiger partial charge is 0.328 e. The molecule has 88 valence electrons. The Morgan fingerprint density at radius 1 is 1.33 bits per heavy atom. The first-order valence-electron chi connectivity index (χ1n) is 4.93. The lowest BCUT2D eigenvalue weighted by molar-refractivity contribution is -0.147. The summed E-state index contributed by atoms with van der Waals surface area (Å²) in [6.07, 6.45) is 0. The summed E-state index contributed by atoms with van der Waals surface area (Å²) in [6, 6.07) is -0.656. The number of esters is 1. The van der Waals surface area contributed by atoms with E-state index in [4.69, 9.17) is 5.11 Å². The van der Waals surface area contributed by atoms with Gasteiger partial charge >= 0.3 is 5.97 Å². The van der Waals surface area contributed by atoms with Crippen LogP contribution in [0.2, 0.25) is 0 Å². The molecule has 0 saturated carbocycles. The predicted molar refractivity (Wildman–Crippen MR) is 55.0 cm³/mol. The third kappa shape index (κ3) is 4.29. The van der Waals surface area contributed by atoms with Gasteiger partial charge in [0.2, 0.25) is 5.91 Å². The number of methoxy groups -OCH3 is 1. The Labute approximate surface area is 89.8 Å². The number of nitrogens with one attached hydrogen (secondary N) is 1. The van der Waals surface area contributed by atoms with E-state index in [1.54, 1.807) is 6.92 Å². The van der Waals surface area contributed by atoms with Crippen molar-refractivity contribution in [2.45, 2.75) is 26.8 Å². The van der Waals surface area contributed by atoms with Crippen molar-refractivity contribution in [3.05, 3.63) is 0 Å². The highest BCUT2D eigenvalue weighted by Gasteiger charge is 2.26. The number of aliphatic hydroxyl groups is 1. The second kappa shape index (κ2) is 6.40. The van der Waals surface area contributed by atoms with Crippen molar-refractivity contribution >= 4 is 11.9 Å². The minimum absolute atomic E-state index is 0.0488. The maximum atomic E-state index is 11.4. The summed E-state index contributed by atoms with van der Waals surface area (Å²) in [5, 5.41) is 11.3. The van der Waals surface area contributed by atoms with E-state index in [0.717, 1.165) is 0 Å². The van der Waals surface area contributed by atoms with Crippen LogP contribution in [0, 0.1) is 11.8 Å². The molecular formula is C10H19NO4. The van der Waals surface area contributed by atoms with Crippen molar-refractivity contribution in [3.8, 4) is 0 Å². The van der Waals surface area contributed by atoms with Crippen LogP contribution in [0.5, 0.6) is 0 Å². The fourth-order valence-electron chi connectivity index (χ4n) is 1.00. The molecule has 0 aliphatic heterocycles. The van der Waals surface area contributed by atoms with Crippen molar-refractivity contribution in [2.75, 3.05) is 13.7 Å². The summed E-state index contributed by atoms with van der Waals surface area (Å²) < 4.78 is 4.57. The van der Waals surface area contributed by atoms with Gasteiger partial charge in [-0.15, -0.1) is 0 Å². The Morgan fingerprint density at radius 3 is 2.20 bits per heavy atom. The minimum atomic E-state index is -0.656. The normalized spacial score (nSPS) is 14.5. The van der Waals surface area contributed by atoms with Crippen LogP contribution in [0.15, 0.2) is 0 Å². The van der Waals surface area contributed by atoms with Gasteiger partial charge in [-0.2, -0.15) is 0 Å². The predicted octanol–water partition coefficient (Wildman–Crippen LogP) is -0.0714. The summed E-state index contributed by atoms with van der Waals surface area (Å²) in [6.45, 7) is 4.97. The third-order valence-corrected chi connectivity index (χ3v) is 2.14. The van der Waals surface area contributed by atoms with Crippen LogP contribution in [0.1, 0.15) is 20.8 Å². The van der Waals surface area contributed by atoms with Gasteiger partial charge in [0.25, 0.3) is 0 Å². The standard InChI is InChI=1S/C10H19NO4/c1-6(2)8(10(14)15-4)11-9(13)7(3)5-12/h6-8,12H,5H2,1-4H3,(H,11,13)/t7-,8-/m0/s1. The summed E-state index contributed by atoms with van der Waals surface area (Å²) in [7, 11) is 1.28. The van der Waals surface area contributed by atoms with Crippen molar-refractivity contribution in [2.24, 2.45) is 11.8 Å². The van der Waals surface area contributed by atoms with Gasteiger partial charge in [-0.25, -0.2) is 4.79 Å². The van der Waals surface area contributed by atoms with E-state index in [1.165, 1.54) is 7.11 Å². The van der Waals surface area contributed by atoms with Gasteiger partial charge in [0.1, 0.15) is 6.04 Å². The lowest BCUT2D eigenvalue weighted by Gasteiger charge is -2.21. The molecular weight excluding hydrogens is 198 g/mol. The van der Waals surface area contributed by atoms with Crippen LogP contribution in [0.4, 0.5) is 0 Å². The molecule has 0 radical (unpaired) electrons. The SMILES string of the molecule is COC(=O)[C@@H](NC(=O)[C@@H](C)CO)C(C)C. The maximum absolute atomic E-state index is 11.4. The molecule has 0 unspecified atom stereocenters. The molecule has 0 rings (SSSR count). The number of carbonyl (C=O) groups excluding carboxylic acids is 2. The summed E-state index contributed by atoms with van der Waals surface area (Å²) in [4.78, 5) is 22.7. The third-order valence-electron chi connectivity index (χ3n) is 2.14. The van der Waals surface area contributed by atoms with Gasteiger partial charge in [-0.3, -0.25) is 4.79 Å². The minimum Gasteiger partial charge on any atom is -0.467 e. The highest BCUT2D eigenvalue weighted by molar-refractivity contribution is 5.85. The van der Waals surface area contributed by atoms with Crippen LogP contribution in [0.25, 0.3) is 0 Å². The molecule has 0 aliphatic carbocycles. The lowest BCUT2D eigenvalue weighted by Crippen LogP contribution is -2.47. The molecule has 0 aromatic rings. The zero-order valence-corrected chi connectivity index (χ0v) is 9.61. The topological polar surface area (TPSA) is 75.6 Å². The van der Waals surface area contributed by atoms with Crippen LogP contribution in [-0.2, 0) is 14.3 Å². The van der Waals surface area contributed by atoms with Crippen LogP contribution in [0.3, 0.4) is 0 Å². The van der Waals surface area contributed by atoms with E-state index in [2.05, 4.69) is 10.1 Å². The second-order valence-corrected chi connectivity index (χ2v) is 3.84. The van der Waals surface area contributed by atoms with E-state index in [-0.39, 0.29) is 18.4 Å². The van der Waals surface area contributed by atoms with Gasteiger partial charge in [0, 0.05) is 0 Å². The van der Waals surface area contributed by atoms with E-state index in [9.17, 15) is 9.59 Å². The number of hydrogen-bond acceptors (Lipinski definition) is 4. The van der Waals surface area contributed by atoms with Crippen molar-refractivity contribution in [1.29, 1.82) is 0 Å². The largest absolute Gasteiger partial charge is 0.467 e. The molecule has 5 heteroatoms. The van der Waals surface area contributed by atoms with E-state index < -0.39 is 17.9 Å². The molecule has 0 saturated heterocycles. The fraction of sp³-hybridized carbons (Fsp3) is 0.800. The Morgan fingerprint density at radius 2 is 1.87 bits per heavy atom. The molecule has 2 atom stereocenters. The highest BCUT2D eigenvalue weighted by atomic mass is 16.5. The quantitative estimate of drug-likeness (QED) is 0.632. The lowest BCUT2D eigenvalue weighted by atomic mass is 10.0. The van der Waals surface area contributed by atoms with Crippen molar-refractivity contribution < 1.29 is 19.4 Å². The molecule has 0 aromatic carbocycles. The number of amides is 1. The van der Waals surface area contributed by atoms with Gasteiger partial charge < -0.3 is 15.2 Å². The molecule has 0 aromatic heterocycles. The molecule has 0 spiro atoms. The first-order chi connectivity index (χ1) is 6.93. The van der Waals surface area contributed by atoms with Gasteiger partial charge in [0.05, 0.1) is 19.6 Å². The molecule has 0 heterocycles. The summed E-state index contributed by atoms with van der Waals surface area (Å²) in [5.74, 6) is -1.38. The van der Waals surface area contributed by atoms with Crippen LogP contribution < -0.4 is 5.32 Å². The Bertz CT molecular complexity index is 227. The monoisotopic (exact) mass is 217 g/mol. The van der Waals surface area contributed by atoms with Crippen LogP contribution >= 0.6 is 0 Å². The second-order valence-electron chi connectivity index (χ2n) is 3.84. The average molecular weight is 217 g/mol. The Hall–Kier alpha value is -1.10. The Balaban J connectivity index is 4.42. The number of hydrogen-bond donors (Lipinski definition) is 2. The van der Waals surface area contributed by atoms with Crippen molar-refractivity contribution in [1.82, 2.24) is 5.32 Å². The first-order valence-corrected chi connectivity index (χ1v) is 4.93. The van der Waals surface area contributed by atoms with Gasteiger partial charge in [-0.1, -0.05) is 20.8 Å². The molecule has 1 amide bonds. The molecule has 0 bridgehead atoms. The molecule has 0 aliphatic rings. The number of ether oxygens (including phenoxy) is 1. The fourth-order valence-corrected chi connectivity index (χ4v) is 1.00. The van der Waals surface area contributed by atoms with Crippen LogP contribution in [-0.4, -0.2) is 36.7 Å². The maximum Gasteiger partial charge on any atom is 0.328 e. The van der Waals surface area contributed by atoms with Gasteiger partial charge in [0.15, 0.2) is 0 Å². The first kappa shape index (κ1) is 13.9. The zero-order valence-electron chi connectivity index (χ0n) is 9.61. The summed E-state index contributed by atoms with van der Waals surface area (Å²) in [5.41, 5.74) is 0. The van der Waals surface area contributed by atoms with E-state index in [1.807, 2.05) is 13.8 Å². The summed E-state index contributed by atoms with van der Waals surface area (Å²) >= 11 is 0. The van der Waals surface area contributed by atoms with Crippen molar-refractivity contribution in [3.63, 3.8) is 0 Å². The van der Waals surface area contributed by atoms with Gasteiger partial charge in [-0.05, 0) is 5.92 Å². The molecule has 5 nitrogen and oxygen atoms in total. The van der Waals surface area contributed by atoms with E-state index in [0.29, 0.717) is 0 Å². The average Bonchev–Trinajstić information content (AvgIpc) is 2.22. The number of carbonyl (C=O) groups is 2. The zero-order chi connectivity index (χ0) is 12.0. The number of rotatable bonds is 5. The molecule has 2 N–H and O–H groups in total. The highest BCUT2D eigenvalue weighted by Crippen LogP contribution is 2.05. The number of aliphatic hydroxyl groups excluding tert-OH is 1.